The number of hydrogen-bond acceptors (Lipinski definition) is 7. The summed E-state index contributed by atoms with van der Waals surface area (Å²) in [7, 11) is 1.73. The van der Waals surface area contributed by atoms with E-state index in [9.17, 15) is 14.9 Å². The maximum atomic E-state index is 12.5. The summed E-state index contributed by atoms with van der Waals surface area (Å²) < 4.78 is 10.9. The number of ether oxygens (including phenoxy) is 1. The van der Waals surface area contributed by atoms with Gasteiger partial charge in [0.2, 0.25) is 0 Å². The van der Waals surface area contributed by atoms with Gasteiger partial charge in [-0.1, -0.05) is 17.8 Å². The van der Waals surface area contributed by atoms with E-state index in [1.165, 1.54) is 17.8 Å². The fourth-order valence-corrected chi connectivity index (χ4v) is 5.93. The van der Waals surface area contributed by atoms with Gasteiger partial charge < -0.3 is 14.2 Å². The van der Waals surface area contributed by atoms with Crippen LogP contribution in [0.1, 0.15) is 50.9 Å². The lowest BCUT2D eigenvalue weighted by atomic mass is 10.0. The first kappa shape index (κ1) is 26.6. The fraction of sp³-hybridized carbons (Fsp3) is 0.393. The number of amides is 1. The van der Waals surface area contributed by atoms with Crippen LogP contribution in [0.15, 0.2) is 57.6 Å². The van der Waals surface area contributed by atoms with Crippen LogP contribution in [0, 0.1) is 18.3 Å². The van der Waals surface area contributed by atoms with E-state index in [4.69, 9.17) is 9.84 Å². The summed E-state index contributed by atoms with van der Waals surface area (Å²) in [5, 5.41) is 19.6. The molecule has 0 radical (unpaired) electrons. The van der Waals surface area contributed by atoms with Crippen LogP contribution < -0.4 is 5.56 Å². The Balaban J connectivity index is 1.44. The lowest BCUT2D eigenvalue weighted by Gasteiger charge is -2.33. The first-order valence-electron chi connectivity index (χ1n) is 12.8. The third-order valence-corrected chi connectivity index (χ3v) is 8.02. The summed E-state index contributed by atoms with van der Waals surface area (Å²) in [5.74, 6) is 0. The second-order valence-corrected chi connectivity index (χ2v) is 11.8. The van der Waals surface area contributed by atoms with Gasteiger partial charge in [-0.2, -0.15) is 15.5 Å². The molecule has 4 aromatic heterocycles. The molecule has 10 nitrogen and oxygen atoms in total. The molecular weight excluding hydrogens is 514 g/mol. The summed E-state index contributed by atoms with van der Waals surface area (Å²) in [5.41, 5.74) is 3.43. The van der Waals surface area contributed by atoms with E-state index in [0.717, 1.165) is 39.6 Å². The zero-order chi connectivity index (χ0) is 27.9. The van der Waals surface area contributed by atoms with Gasteiger partial charge in [0.25, 0.3) is 5.56 Å². The van der Waals surface area contributed by atoms with E-state index in [0.29, 0.717) is 24.2 Å². The number of rotatable bonds is 4. The molecule has 0 aromatic carbocycles. The minimum atomic E-state index is -0.516. The number of nitrogens with zero attached hydrogens (tertiary/aromatic N) is 7. The number of fused-ring (bicyclic) bond motifs is 1. The molecule has 0 atom stereocenters. The van der Waals surface area contributed by atoms with Crippen molar-refractivity contribution in [1.82, 2.24) is 28.9 Å². The Morgan fingerprint density at radius 1 is 1.18 bits per heavy atom. The maximum absolute atomic E-state index is 12.5. The van der Waals surface area contributed by atoms with Crippen LogP contribution in [-0.4, -0.2) is 53.6 Å². The lowest BCUT2D eigenvalue weighted by Crippen LogP contribution is -2.42. The number of piperidine rings is 1. The molecule has 1 aliphatic heterocycles. The van der Waals surface area contributed by atoms with Gasteiger partial charge in [-0.05, 0) is 52.7 Å². The third-order valence-electron chi connectivity index (χ3n) is 6.87. The maximum Gasteiger partial charge on any atom is 0.410 e. The minimum Gasteiger partial charge on any atom is -0.444 e. The van der Waals surface area contributed by atoms with Crippen molar-refractivity contribution in [2.45, 2.75) is 62.1 Å². The van der Waals surface area contributed by atoms with Gasteiger partial charge in [0.15, 0.2) is 0 Å². The van der Waals surface area contributed by atoms with E-state index >= 15 is 0 Å². The molecule has 5 heterocycles. The van der Waals surface area contributed by atoms with Gasteiger partial charge in [0, 0.05) is 54.1 Å². The van der Waals surface area contributed by atoms with E-state index < -0.39 is 5.60 Å². The van der Waals surface area contributed by atoms with Crippen LogP contribution >= 0.6 is 11.8 Å². The van der Waals surface area contributed by atoms with Crippen LogP contribution in [-0.2, 0) is 11.8 Å². The summed E-state index contributed by atoms with van der Waals surface area (Å²) in [6.45, 7) is 8.89. The van der Waals surface area contributed by atoms with E-state index in [-0.39, 0.29) is 17.7 Å². The SMILES string of the molecule is Cc1c(-c2cc(Sc3cccc(=O)n3C)c3c(C#N)cnn3c2)cnn1C1CCN(C(=O)OC(C)(C)C)CC1. The van der Waals surface area contributed by atoms with Gasteiger partial charge in [0.05, 0.1) is 34.5 Å². The Labute approximate surface area is 230 Å². The molecule has 11 heteroatoms. The van der Waals surface area contributed by atoms with Gasteiger partial charge in [-0.25, -0.2) is 9.31 Å². The number of carbonyl (C=O) groups is 1. The highest BCUT2D eigenvalue weighted by molar-refractivity contribution is 7.99. The largest absolute Gasteiger partial charge is 0.444 e. The highest BCUT2D eigenvalue weighted by Gasteiger charge is 2.29. The smallest absolute Gasteiger partial charge is 0.410 e. The molecule has 202 valence electrons. The Hall–Kier alpha value is -4.04. The molecule has 1 aliphatic rings. The first-order chi connectivity index (χ1) is 18.6. The quantitative estimate of drug-likeness (QED) is 0.362. The molecule has 4 aromatic rings. The number of hydrogen-bond donors (Lipinski definition) is 0. The number of likely N-dealkylation sites (tertiary alicyclic amines) is 1. The summed E-state index contributed by atoms with van der Waals surface area (Å²) in [4.78, 5) is 27.3. The Morgan fingerprint density at radius 3 is 2.62 bits per heavy atom. The molecule has 0 saturated carbocycles. The van der Waals surface area contributed by atoms with Crippen molar-refractivity contribution in [2.75, 3.05) is 13.1 Å². The molecule has 0 aliphatic carbocycles. The second-order valence-electron chi connectivity index (χ2n) is 10.7. The molecule has 5 rings (SSSR count). The van der Waals surface area contributed by atoms with Gasteiger partial charge in [-0.15, -0.1) is 0 Å². The zero-order valence-corrected chi connectivity index (χ0v) is 23.5. The predicted molar refractivity (Wildman–Crippen MR) is 148 cm³/mol. The Morgan fingerprint density at radius 2 is 1.92 bits per heavy atom. The summed E-state index contributed by atoms with van der Waals surface area (Å²) >= 11 is 1.42. The van der Waals surface area contributed by atoms with Crippen molar-refractivity contribution < 1.29 is 9.53 Å². The molecule has 39 heavy (non-hydrogen) atoms. The van der Waals surface area contributed by atoms with Crippen LogP contribution in [0.4, 0.5) is 4.79 Å². The molecule has 1 saturated heterocycles. The van der Waals surface area contributed by atoms with Crippen molar-refractivity contribution in [2.24, 2.45) is 7.05 Å². The van der Waals surface area contributed by atoms with Gasteiger partial charge >= 0.3 is 6.09 Å². The number of carbonyl (C=O) groups excluding carboxylic acids is 1. The fourth-order valence-electron chi connectivity index (χ4n) is 4.85. The zero-order valence-electron chi connectivity index (χ0n) is 22.7. The molecule has 0 N–H and O–H groups in total. The average molecular weight is 546 g/mol. The molecule has 0 bridgehead atoms. The summed E-state index contributed by atoms with van der Waals surface area (Å²) in [6, 6.07) is 9.55. The molecule has 1 amide bonds. The predicted octanol–water partition coefficient (Wildman–Crippen LogP) is 4.80. The van der Waals surface area contributed by atoms with Crippen molar-refractivity contribution >= 4 is 23.4 Å². The first-order valence-corrected chi connectivity index (χ1v) is 13.6. The molecular formula is C28H31N7O3S. The van der Waals surface area contributed by atoms with Crippen molar-refractivity contribution in [1.29, 1.82) is 5.26 Å². The number of pyridine rings is 2. The topological polar surface area (TPSA) is 110 Å². The number of aromatic nitrogens is 5. The summed E-state index contributed by atoms with van der Waals surface area (Å²) in [6.07, 6.45) is 6.62. The highest BCUT2D eigenvalue weighted by atomic mass is 32.2. The van der Waals surface area contributed by atoms with Crippen molar-refractivity contribution in [3.8, 4) is 17.2 Å². The van der Waals surface area contributed by atoms with E-state index in [2.05, 4.69) is 11.2 Å². The van der Waals surface area contributed by atoms with E-state index in [1.54, 1.807) is 33.3 Å². The molecule has 0 unspecified atom stereocenters. The standard InChI is InChI=1S/C28H31N7O3S/c1-18-22(16-31-35(18)21-9-11-33(12-10-21)27(37)38-28(2,3)4)19-13-23(26-20(14-29)15-30-34(26)17-19)39-25-8-6-7-24(36)32(25)5/h6-8,13,15-17,21H,9-12H2,1-5H3. The lowest BCUT2D eigenvalue weighted by molar-refractivity contribution is 0.0184. The van der Waals surface area contributed by atoms with Crippen LogP contribution in [0.3, 0.4) is 0 Å². The normalized spacial score (nSPS) is 14.5. The molecule has 1 fully saturated rings. The van der Waals surface area contributed by atoms with Gasteiger partial charge in [0.1, 0.15) is 11.7 Å². The third kappa shape index (κ3) is 5.29. The minimum absolute atomic E-state index is 0.101. The van der Waals surface area contributed by atoms with E-state index in [1.807, 2.05) is 56.9 Å². The van der Waals surface area contributed by atoms with Crippen LogP contribution in [0.5, 0.6) is 0 Å². The van der Waals surface area contributed by atoms with Crippen molar-refractivity contribution in [3.05, 3.63) is 64.5 Å². The Bertz CT molecular complexity index is 1650. The monoisotopic (exact) mass is 545 g/mol. The van der Waals surface area contributed by atoms with Gasteiger partial charge in [-0.3, -0.25) is 9.48 Å². The van der Waals surface area contributed by atoms with Crippen LogP contribution in [0.25, 0.3) is 16.6 Å². The highest BCUT2D eigenvalue weighted by Crippen LogP contribution is 2.37. The average Bonchev–Trinajstić information content (AvgIpc) is 3.49. The second kappa shape index (κ2) is 10.3. The Kier molecular flexibility index (Phi) is 6.99. The van der Waals surface area contributed by atoms with Crippen molar-refractivity contribution in [3.63, 3.8) is 0 Å². The molecule has 0 spiro atoms. The van der Waals surface area contributed by atoms with Crippen LogP contribution in [0.2, 0.25) is 0 Å². The number of nitriles is 1.